The van der Waals surface area contributed by atoms with Crippen molar-refractivity contribution in [3.05, 3.63) is 12.2 Å². The van der Waals surface area contributed by atoms with E-state index < -0.39 is 0 Å². The largest absolute Gasteiger partial charge is 1.00 e. The third-order valence-corrected chi connectivity index (χ3v) is 0.624. The van der Waals surface area contributed by atoms with Gasteiger partial charge in [-0.1, -0.05) is 6.58 Å². The predicted octanol–water partition coefficient (Wildman–Crippen LogP) is -1.69. The van der Waals surface area contributed by atoms with Gasteiger partial charge in [0.15, 0.2) is 0 Å². The number of halogens is 1. The second-order valence-corrected chi connectivity index (χ2v) is 2.84. The Morgan fingerprint density at radius 1 is 1.38 bits per heavy atom. The van der Waals surface area contributed by atoms with Crippen LogP contribution in [0.5, 0.6) is 0 Å². The molecule has 0 spiro atoms. The van der Waals surface area contributed by atoms with Gasteiger partial charge in [0.2, 0.25) is 0 Å². The van der Waals surface area contributed by atoms with Gasteiger partial charge >= 0.3 is 5.97 Å². The van der Waals surface area contributed by atoms with Crippen LogP contribution in [-0.2, 0) is 9.53 Å². The molecular formula is C9H19ClNO2-. The number of rotatable bonds is 2. The molecule has 0 saturated carbocycles. The summed E-state index contributed by atoms with van der Waals surface area (Å²) < 4.78 is 4.56. The Morgan fingerprint density at radius 2 is 1.69 bits per heavy atom. The first-order valence-electron chi connectivity index (χ1n) is 3.85. The highest BCUT2D eigenvalue weighted by Crippen LogP contribution is 1.89. The summed E-state index contributed by atoms with van der Waals surface area (Å²) >= 11 is 0. The van der Waals surface area contributed by atoms with E-state index in [4.69, 9.17) is 0 Å². The van der Waals surface area contributed by atoms with Crippen LogP contribution < -0.4 is 12.4 Å². The average molecular weight is 209 g/mol. The van der Waals surface area contributed by atoms with Gasteiger partial charge in [0.1, 0.15) is 0 Å². The molecule has 0 saturated heterocycles. The first-order chi connectivity index (χ1) is 5.41. The molecular weight excluding hydrogens is 190 g/mol. The molecule has 0 bridgehead atoms. The van der Waals surface area contributed by atoms with Crippen molar-refractivity contribution < 1.29 is 21.9 Å². The van der Waals surface area contributed by atoms with Gasteiger partial charge < -0.3 is 22.0 Å². The van der Waals surface area contributed by atoms with Crippen molar-refractivity contribution in [3.63, 3.8) is 0 Å². The zero-order valence-electron chi connectivity index (χ0n) is 9.06. The number of hydrogen-bond acceptors (Lipinski definition) is 3. The molecule has 0 N–H and O–H groups in total. The smallest absolute Gasteiger partial charge is 0.333 e. The number of carbonyl (C=O) groups excluding carboxylic acids is 1. The van der Waals surface area contributed by atoms with Crippen LogP contribution in [0.15, 0.2) is 12.2 Å². The van der Waals surface area contributed by atoms with Gasteiger partial charge in [0, 0.05) is 5.57 Å². The Kier molecular flexibility index (Phi) is 16.1. The minimum absolute atomic E-state index is 0. The summed E-state index contributed by atoms with van der Waals surface area (Å²) in [6.07, 6.45) is 0. The molecule has 0 atom stereocenters. The molecule has 0 aromatic carbocycles. The third-order valence-electron chi connectivity index (χ3n) is 0.624. The summed E-state index contributed by atoms with van der Waals surface area (Å²) in [5.74, 6) is -0.312. The maximum Gasteiger partial charge on any atom is 0.333 e. The summed E-state index contributed by atoms with van der Waals surface area (Å²) in [7, 11) is 6.00. The van der Waals surface area contributed by atoms with Crippen LogP contribution in [-0.4, -0.2) is 38.6 Å². The fraction of sp³-hybridized carbons (Fsp3) is 0.667. The number of ether oxygens (including phenoxy) is 1. The number of carbonyl (C=O) groups is 1. The molecule has 0 amide bonds. The lowest BCUT2D eigenvalue weighted by Crippen LogP contribution is -3.00. The first kappa shape index (κ1) is 18.3. The Bertz CT molecular complexity index is 144. The van der Waals surface area contributed by atoms with Crippen LogP contribution >= 0.6 is 0 Å². The lowest BCUT2D eigenvalue weighted by atomic mass is 10.4. The van der Waals surface area contributed by atoms with Crippen LogP contribution in [0.4, 0.5) is 0 Å². The van der Waals surface area contributed by atoms with Crippen LogP contribution in [0.25, 0.3) is 0 Å². The van der Waals surface area contributed by atoms with Crippen LogP contribution in [0.3, 0.4) is 0 Å². The Morgan fingerprint density at radius 3 is 1.77 bits per heavy atom. The number of hydrogen-bond donors (Lipinski definition) is 0. The van der Waals surface area contributed by atoms with Gasteiger partial charge in [0.05, 0.1) is 6.61 Å². The molecule has 80 valence electrons. The Balaban J connectivity index is -0.000000173. The normalized spacial score (nSPS) is 7.85. The van der Waals surface area contributed by atoms with Gasteiger partial charge in [-0.05, 0) is 35.0 Å². The van der Waals surface area contributed by atoms with E-state index >= 15 is 0 Å². The maximum absolute atomic E-state index is 10.4. The van der Waals surface area contributed by atoms with E-state index in [1.54, 1.807) is 13.8 Å². The lowest BCUT2D eigenvalue weighted by Gasteiger charge is -1.96. The standard InChI is InChI=1S/C6H10O2.C3H9N.ClH/c1-4-8-6(7)5(2)3;1-4(2)3;/h2,4H2,1,3H3;1-3H3;1H/p-1. The quantitative estimate of drug-likeness (QED) is 0.401. The molecule has 0 aromatic rings. The Hall–Kier alpha value is -0.540. The monoisotopic (exact) mass is 208 g/mol. The predicted molar refractivity (Wildman–Crippen MR) is 51.1 cm³/mol. The molecule has 0 rings (SSSR count). The fourth-order valence-electron chi connectivity index (χ4n) is 0.254. The minimum Gasteiger partial charge on any atom is -1.00 e. The van der Waals surface area contributed by atoms with Crippen molar-refractivity contribution in [1.82, 2.24) is 4.90 Å². The highest BCUT2D eigenvalue weighted by Gasteiger charge is 1.98. The number of esters is 1. The highest BCUT2D eigenvalue weighted by molar-refractivity contribution is 5.86. The van der Waals surface area contributed by atoms with Gasteiger partial charge in [0.25, 0.3) is 0 Å². The van der Waals surface area contributed by atoms with Crippen molar-refractivity contribution in [3.8, 4) is 0 Å². The molecule has 0 aliphatic heterocycles. The van der Waals surface area contributed by atoms with Crippen LogP contribution in [0, 0.1) is 0 Å². The van der Waals surface area contributed by atoms with Gasteiger partial charge in [-0.3, -0.25) is 0 Å². The van der Waals surface area contributed by atoms with Gasteiger partial charge in [-0.15, -0.1) is 0 Å². The van der Waals surface area contributed by atoms with Crippen molar-refractivity contribution in [2.24, 2.45) is 0 Å². The minimum atomic E-state index is -0.312. The second kappa shape index (κ2) is 11.5. The summed E-state index contributed by atoms with van der Waals surface area (Å²) in [6, 6.07) is 0. The van der Waals surface area contributed by atoms with E-state index in [9.17, 15) is 4.79 Å². The zero-order chi connectivity index (χ0) is 10.1. The van der Waals surface area contributed by atoms with Crippen LogP contribution in [0.2, 0.25) is 0 Å². The molecule has 0 heterocycles. The summed E-state index contributed by atoms with van der Waals surface area (Å²) in [5.41, 5.74) is 0.451. The summed E-state index contributed by atoms with van der Waals surface area (Å²) in [5, 5.41) is 0. The fourth-order valence-corrected chi connectivity index (χ4v) is 0.254. The molecule has 0 unspecified atom stereocenters. The molecule has 0 aromatic heterocycles. The summed E-state index contributed by atoms with van der Waals surface area (Å²) in [6.45, 7) is 7.21. The lowest BCUT2D eigenvalue weighted by molar-refractivity contribution is -0.138. The van der Waals surface area contributed by atoms with Crippen molar-refractivity contribution >= 4 is 5.97 Å². The molecule has 0 radical (unpaired) electrons. The molecule has 13 heavy (non-hydrogen) atoms. The third kappa shape index (κ3) is 24.6. The first-order valence-corrected chi connectivity index (χ1v) is 3.85. The SMILES string of the molecule is C=C(C)C(=O)OCC.CN(C)C.[Cl-]. The molecule has 4 heteroatoms. The second-order valence-electron chi connectivity index (χ2n) is 2.84. The molecule has 0 aliphatic carbocycles. The topological polar surface area (TPSA) is 29.5 Å². The van der Waals surface area contributed by atoms with Crippen molar-refractivity contribution in [2.75, 3.05) is 27.7 Å². The van der Waals surface area contributed by atoms with E-state index in [0.29, 0.717) is 12.2 Å². The molecule has 0 aliphatic rings. The average Bonchev–Trinajstić information content (AvgIpc) is 1.86. The highest BCUT2D eigenvalue weighted by atomic mass is 35.5. The summed E-state index contributed by atoms with van der Waals surface area (Å²) in [4.78, 5) is 12.4. The van der Waals surface area contributed by atoms with Crippen LogP contribution in [0.1, 0.15) is 13.8 Å². The van der Waals surface area contributed by atoms with E-state index in [0.717, 1.165) is 0 Å². The van der Waals surface area contributed by atoms with E-state index in [1.165, 1.54) is 0 Å². The van der Waals surface area contributed by atoms with Crippen molar-refractivity contribution in [1.29, 1.82) is 0 Å². The molecule has 3 nitrogen and oxygen atoms in total. The van der Waals surface area contributed by atoms with Crippen molar-refractivity contribution in [2.45, 2.75) is 13.8 Å². The van der Waals surface area contributed by atoms with E-state index in [2.05, 4.69) is 11.3 Å². The van der Waals surface area contributed by atoms with Gasteiger partial charge in [-0.25, -0.2) is 4.79 Å². The maximum atomic E-state index is 10.4. The number of nitrogens with zero attached hydrogens (tertiary/aromatic N) is 1. The van der Waals surface area contributed by atoms with E-state index in [1.807, 2.05) is 26.0 Å². The van der Waals surface area contributed by atoms with Gasteiger partial charge in [-0.2, -0.15) is 0 Å². The molecule has 0 fully saturated rings. The van der Waals surface area contributed by atoms with E-state index in [-0.39, 0.29) is 18.4 Å². The zero-order valence-corrected chi connectivity index (χ0v) is 9.81. The Labute approximate surface area is 87.2 Å².